The molecule has 2 aromatic rings. The van der Waals surface area contributed by atoms with Gasteiger partial charge in [0.2, 0.25) is 5.91 Å². The number of likely N-dealkylation sites (N-methyl/N-ethyl adjacent to an activating group) is 1. The molecule has 26 heavy (non-hydrogen) atoms. The number of benzene rings is 2. The average molecular weight is 351 g/mol. The van der Waals surface area contributed by atoms with Crippen molar-refractivity contribution in [3.8, 4) is 0 Å². The molecule has 0 bridgehead atoms. The summed E-state index contributed by atoms with van der Waals surface area (Å²) in [5.41, 5.74) is 8.64. The first-order chi connectivity index (χ1) is 12.6. The van der Waals surface area contributed by atoms with Crippen molar-refractivity contribution in [2.24, 2.45) is 5.73 Å². The first kappa shape index (κ1) is 18.6. The maximum Gasteiger partial charge on any atom is 0.239 e. The molecule has 2 N–H and O–H groups in total. The Morgan fingerprint density at radius 3 is 2.15 bits per heavy atom. The van der Waals surface area contributed by atoms with Gasteiger partial charge in [0.25, 0.3) is 0 Å². The molecule has 1 unspecified atom stereocenters. The van der Waals surface area contributed by atoms with Gasteiger partial charge in [-0.2, -0.15) is 0 Å². The van der Waals surface area contributed by atoms with E-state index in [-0.39, 0.29) is 11.9 Å². The smallest absolute Gasteiger partial charge is 0.239 e. The van der Waals surface area contributed by atoms with Crippen LogP contribution < -0.4 is 5.73 Å². The lowest BCUT2D eigenvalue weighted by Gasteiger charge is -2.37. The van der Waals surface area contributed by atoms with E-state index in [0.717, 1.165) is 38.0 Å². The molecule has 4 nitrogen and oxygen atoms in total. The fourth-order valence-corrected chi connectivity index (χ4v) is 3.70. The zero-order valence-corrected chi connectivity index (χ0v) is 15.6. The topological polar surface area (TPSA) is 49.6 Å². The van der Waals surface area contributed by atoms with Crippen molar-refractivity contribution in [1.82, 2.24) is 9.80 Å². The Kier molecular flexibility index (Phi) is 6.42. The maximum absolute atomic E-state index is 12.7. The van der Waals surface area contributed by atoms with Gasteiger partial charge in [0.05, 0.1) is 6.04 Å². The summed E-state index contributed by atoms with van der Waals surface area (Å²) in [5.74, 6) is 0.0513. The molecule has 3 rings (SSSR count). The van der Waals surface area contributed by atoms with Crippen LogP contribution in [0.2, 0.25) is 0 Å². The van der Waals surface area contributed by atoms with Gasteiger partial charge in [-0.1, -0.05) is 60.7 Å². The predicted octanol–water partition coefficient (Wildman–Crippen LogP) is 2.68. The van der Waals surface area contributed by atoms with E-state index >= 15 is 0 Å². The second-order valence-corrected chi connectivity index (χ2v) is 7.24. The quantitative estimate of drug-likeness (QED) is 0.870. The largest absolute Gasteiger partial charge is 0.341 e. The number of likely N-dealkylation sites (tertiary alicyclic amines) is 1. The summed E-state index contributed by atoms with van der Waals surface area (Å²) >= 11 is 0. The van der Waals surface area contributed by atoms with Crippen LogP contribution in [0.25, 0.3) is 0 Å². The van der Waals surface area contributed by atoms with Crippen LogP contribution in [0.1, 0.15) is 24.0 Å². The number of amides is 1. The van der Waals surface area contributed by atoms with Gasteiger partial charge < -0.3 is 10.6 Å². The molecule has 1 saturated heterocycles. The Bertz CT molecular complexity index is 681. The van der Waals surface area contributed by atoms with Gasteiger partial charge in [-0.15, -0.1) is 0 Å². The van der Waals surface area contributed by atoms with E-state index in [1.54, 1.807) is 0 Å². The van der Waals surface area contributed by atoms with Crippen LogP contribution in [0.5, 0.6) is 0 Å². The summed E-state index contributed by atoms with van der Waals surface area (Å²) in [5, 5.41) is 0. The minimum absolute atomic E-state index is 0.0513. The molecule has 1 amide bonds. The number of hydrogen-bond donors (Lipinski definition) is 1. The number of carbonyl (C=O) groups is 1. The third-order valence-corrected chi connectivity index (χ3v) is 5.32. The highest BCUT2D eigenvalue weighted by atomic mass is 16.2. The number of hydrogen-bond acceptors (Lipinski definition) is 3. The van der Waals surface area contributed by atoms with Crippen molar-refractivity contribution in [3.05, 3.63) is 71.8 Å². The summed E-state index contributed by atoms with van der Waals surface area (Å²) < 4.78 is 0. The van der Waals surface area contributed by atoms with E-state index in [1.807, 2.05) is 42.3 Å². The minimum Gasteiger partial charge on any atom is -0.341 e. The van der Waals surface area contributed by atoms with Crippen molar-refractivity contribution in [2.45, 2.75) is 37.9 Å². The number of nitrogens with two attached hydrogens (primary N) is 1. The van der Waals surface area contributed by atoms with Gasteiger partial charge in [0.1, 0.15) is 0 Å². The van der Waals surface area contributed by atoms with Crippen LogP contribution in [-0.2, 0) is 17.8 Å². The van der Waals surface area contributed by atoms with Gasteiger partial charge in [-0.25, -0.2) is 0 Å². The fraction of sp³-hybridized carbons (Fsp3) is 0.409. The summed E-state index contributed by atoms with van der Waals surface area (Å²) in [6.45, 7) is 3.02. The summed E-state index contributed by atoms with van der Waals surface area (Å²) in [6.07, 6.45) is 2.61. The summed E-state index contributed by atoms with van der Waals surface area (Å²) in [7, 11) is 1.91. The normalized spacial score (nSPS) is 17.0. The SMILES string of the molecule is CN(C(=O)C(N)Cc1ccccc1)C1CCN(Cc2ccccc2)CC1. The highest BCUT2D eigenvalue weighted by Gasteiger charge is 2.28. The monoisotopic (exact) mass is 351 g/mol. The molecule has 138 valence electrons. The van der Waals surface area contributed by atoms with Crippen molar-refractivity contribution >= 4 is 5.91 Å². The zero-order chi connectivity index (χ0) is 18.4. The second kappa shape index (κ2) is 8.97. The van der Waals surface area contributed by atoms with E-state index in [4.69, 9.17) is 5.73 Å². The van der Waals surface area contributed by atoms with E-state index < -0.39 is 6.04 Å². The Balaban J connectivity index is 1.48. The number of piperidine rings is 1. The van der Waals surface area contributed by atoms with E-state index in [2.05, 4.69) is 35.2 Å². The molecule has 1 fully saturated rings. The Labute approximate surface area is 156 Å². The molecule has 0 spiro atoms. The third-order valence-electron chi connectivity index (χ3n) is 5.32. The lowest BCUT2D eigenvalue weighted by molar-refractivity contribution is -0.134. The second-order valence-electron chi connectivity index (χ2n) is 7.24. The predicted molar refractivity (Wildman–Crippen MR) is 106 cm³/mol. The minimum atomic E-state index is -0.468. The van der Waals surface area contributed by atoms with Gasteiger partial charge in [0.15, 0.2) is 0 Å². The molecular weight excluding hydrogens is 322 g/mol. The standard InChI is InChI=1S/C22H29N3O/c1-24(22(26)21(23)16-18-8-4-2-5-9-18)20-12-14-25(15-13-20)17-19-10-6-3-7-11-19/h2-11,20-21H,12-17,23H2,1H3. The Morgan fingerprint density at radius 2 is 1.58 bits per heavy atom. The lowest BCUT2D eigenvalue weighted by atomic mass is 10.0. The van der Waals surface area contributed by atoms with Gasteiger partial charge in [-0.3, -0.25) is 9.69 Å². The van der Waals surface area contributed by atoms with Gasteiger partial charge >= 0.3 is 0 Å². The number of rotatable bonds is 6. The van der Waals surface area contributed by atoms with E-state index in [0.29, 0.717) is 6.42 Å². The molecule has 2 aromatic carbocycles. The molecule has 0 aromatic heterocycles. The fourth-order valence-electron chi connectivity index (χ4n) is 3.70. The Hall–Kier alpha value is -2.17. The van der Waals surface area contributed by atoms with Gasteiger partial charge in [0, 0.05) is 32.7 Å². The van der Waals surface area contributed by atoms with E-state index in [9.17, 15) is 4.79 Å². The molecule has 0 radical (unpaired) electrons. The Morgan fingerprint density at radius 1 is 1.04 bits per heavy atom. The molecule has 0 aliphatic carbocycles. The molecule has 1 heterocycles. The van der Waals surface area contributed by atoms with Crippen LogP contribution in [0.4, 0.5) is 0 Å². The third kappa shape index (κ3) is 4.93. The first-order valence-electron chi connectivity index (χ1n) is 9.46. The molecule has 4 heteroatoms. The van der Waals surface area contributed by atoms with Crippen molar-refractivity contribution in [2.75, 3.05) is 20.1 Å². The molecule has 1 aliphatic heterocycles. The highest BCUT2D eigenvalue weighted by Crippen LogP contribution is 2.18. The van der Waals surface area contributed by atoms with Crippen molar-refractivity contribution in [1.29, 1.82) is 0 Å². The van der Waals surface area contributed by atoms with Crippen LogP contribution in [0.3, 0.4) is 0 Å². The maximum atomic E-state index is 12.7. The number of nitrogens with zero attached hydrogens (tertiary/aromatic N) is 2. The molecular formula is C22H29N3O. The summed E-state index contributed by atoms with van der Waals surface area (Å²) in [6, 6.07) is 20.4. The van der Waals surface area contributed by atoms with Crippen LogP contribution in [0, 0.1) is 0 Å². The number of carbonyl (C=O) groups excluding carboxylic acids is 1. The molecule has 0 saturated carbocycles. The molecule has 1 atom stereocenters. The summed E-state index contributed by atoms with van der Waals surface area (Å²) in [4.78, 5) is 17.1. The lowest BCUT2D eigenvalue weighted by Crippen LogP contribution is -2.50. The van der Waals surface area contributed by atoms with Crippen LogP contribution >= 0.6 is 0 Å². The molecule has 1 aliphatic rings. The van der Waals surface area contributed by atoms with Crippen molar-refractivity contribution < 1.29 is 4.79 Å². The van der Waals surface area contributed by atoms with E-state index in [1.165, 1.54) is 5.56 Å². The van der Waals surface area contributed by atoms with Crippen LogP contribution in [-0.4, -0.2) is 47.9 Å². The zero-order valence-electron chi connectivity index (χ0n) is 15.6. The van der Waals surface area contributed by atoms with Crippen molar-refractivity contribution in [3.63, 3.8) is 0 Å². The van der Waals surface area contributed by atoms with Crippen LogP contribution in [0.15, 0.2) is 60.7 Å². The van der Waals surface area contributed by atoms with Gasteiger partial charge in [-0.05, 0) is 30.4 Å². The first-order valence-corrected chi connectivity index (χ1v) is 9.46. The average Bonchev–Trinajstić information content (AvgIpc) is 2.69. The highest BCUT2D eigenvalue weighted by molar-refractivity contribution is 5.82.